The second-order valence-corrected chi connectivity index (χ2v) is 7.35. The lowest BCUT2D eigenvalue weighted by Gasteiger charge is -2.16. The second kappa shape index (κ2) is 9.74. The average Bonchev–Trinajstić information content (AvgIpc) is 2.74. The van der Waals surface area contributed by atoms with Crippen LogP contribution in [0.5, 0.6) is 0 Å². The maximum Gasteiger partial charge on any atom is 0.340 e. The van der Waals surface area contributed by atoms with E-state index < -0.39 is 5.97 Å². The van der Waals surface area contributed by atoms with Crippen LogP contribution in [-0.4, -0.2) is 18.5 Å². The van der Waals surface area contributed by atoms with Gasteiger partial charge in [-0.1, -0.05) is 62.4 Å². The van der Waals surface area contributed by atoms with Gasteiger partial charge in [0.25, 0.3) is 5.91 Å². The van der Waals surface area contributed by atoms with E-state index >= 15 is 0 Å². The number of aryl methyl sites for hydroxylation is 1. The second-order valence-electron chi connectivity index (χ2n) is 7.35. The number of carbonyl (C=O) groups is 2. The van der Waals surface area contributed by atoms with Gasteiger partial charge in [-0.3, -0.25) is 4.79 Å². The molecule has 1 amide bonds. The molecule has 0 heterocycles. The van der Waals surface area contributed by atoms with Gasteiger partial charge in [0.2, 0.25) is 0 Å². The number of rotatable bonds is 7. The highest BCUT2D eigenvalue weighted by atomic mass is 16.5. The van der Waals surface area contributed by atoms with Gasteiger partial charge in [-0.05, 0) is 48.2 Å². The van der Waals surface area contributed by atoms with Gasteiger partial charge in [0.15, 0.2) is 6.61 Å². The number of carbonyl (C=O) groups excluding carboxylic acids is 2. The van der Waals surface area contributed by atoms with Gasteiger partial charge in [-0.25, -0.2) is 4.79 Å². The third-order valence-corrected chi connectivity index (χ3v) is 4.73. The number of hydrogen-bond acceptors (Lipinski definition) is 4. The van der Waals surface area contributed by atoms with Crippen molar-refractivity contribution in [2.45, 2.75) is 26.7 Å². The predicted octanol–water partition coefficient (Wildman–Crippen LogP) is 5.66. The molecule has 2 N–H and O–H groups in total. The summed E-state index contributed by atoms with van der Waals surface area (Å²) in [6, 6.07) is 22.5. The van der Waals surface area contributed by atoms with E-state index in [9.17, 15) is 9.59 Å². The molecule has 0 aromatic heterocycles. The smallest absolute Gasteiger partial charge is 0.340 e. The minimum atomic E-state index is -0.557. The van der Waals surface area contributed by atoms with Gasteiger partial charge in [-0.2, -0.15) is 0 Å². The van der Waals surface area contributed by atoms with Crippen molar-refractivity contribution >= 4 is 28.9 Å². The Kier molecular flexibility index (Phi) is 6.86. The van der Waals surface area contributed by atoms with Crippen LogP contribution in [0.1, 0.15) is 41.3 Å². The number of hydrogen-bond donors (Lipinski definition) is 2. The molecule has 0 aliphatic rings. The number of esters is 1. The van der Waals surface area contributed by atoms with Crippen LogP contribution in [0.25, 0.3) is 0 Å². The number of nitrogens with one attached hydrogen (secondary N) is 2. The Bertz CT molecular complexity index is 1030. The highest BCUT2D eigenvalue weighted by molar-refractivity contribution is 5.99. The SMILES string of the molecule is Cc1cccc(C(C)C)c1NC(=O)COC(=O)c1ccccc1Nc1ccccc1. The van der Waals surface area contributed by atoms with E-state index in [4.69, 9.17) is 4.74 Å². The van der Waals surface area contributed by atoms with Gasteiger partial charge in [0, 0.05) is 11.4 Å². The molecule has 0 aliphatic carbocycles. The molecule has 3 aromatic rings. The van der Waals surface area contributed by atoms with Crippen LogP contribution in [0, 0.1) is 6.92 Å². The zero-order valence-electron chi connectivity index (χ0n) is 17.4. The summed E-state index contributed by atoms with van der Waals surface area (Å²) < 4.78 is 5.29. The van der Waals surface area contributed by atoms with Crippen LogP contribution >= 0.6 is 0 Å². The van der Waals surface area contributed by atoms with E-state index in [1.165, 1.54) is 0 Å². The molecular weight excluding hydrogens is 376 g/mol. The number of benzene rings is 3. The molecule has 3 rings (SSSR count). The Labute approximate surface area is 177 Å². The van der Waals surface area contributed by atoms with Crippen LogP contribution in [0.3, 0.4) is 0 Å². The summed E-state index contributed by atoms with van der Waals surface area (Å²) in [5, 5.41) is 6.10. The van der Waals surface area contributed by atoms with Crippen molar-refractivity contribution in [2.24, 2.45) is 0 Å². The molecule has 0 aliphatic heterocycles. The lowest BCUT2D eigenvalue weighted by Crippen LogP contribution is -2.22. The fourth-order valence-corrected chi connectivity index (χ4v) is 3.17. The topological polar surface area (TPSA) is 67.4 Å². The molecule has 0 saturated heterocycles. The fraction of sp³-hybridized carbons (Fsp3) is 0.200. The molecule has 0 unspecified atom stereocenters. The Balaban J connectivity index is 1.66. The molecule has 0 saturated carbocycles. The summed E-state index contributed by atoms with van der Waals surface area (Å²) in [6.45, 7) is 5.73. The number of para-hydroxylation sites is 3. The van der Waals surface area contributed by atoms with Crippen molar-refractivity contribution in [3.8, 4) is 0 Å². The van der Waals surface area contributed by atoms with Gasteiger partial charge >= 0.3 is 5.97 Å². The summed E-state index contributed by atoms with van der Waals surface area (Å²) in [7, 11) is 0. The molecule has 0 radical (unpaired) electrons. The molecule has 5 heteroatoms. The minimum Gasteiger partial charge on any atom is -0.452 e. The van der Waals surface area contributed by atoms with E-state index in [0.29, 0.717) is 11.3 Å². The fourth-order valence-electron chi connectivity index (χ4n) is 3.17. The van der Waals surface area contributed by atoms with Gasteiger partial charge < -0.3 is 15.4 Å². The van der Waals surface area contributed by atoms with E-state index in [2.05, 4.69) is 24.5 Å². The van der Waals surface area contributed by atoms with E-state index in [-0.39, 0.29) is 18.4 Å². The Morgan fingerprint density at radius 1 is 0.900 bits per heavy atom. The quantitative estimate of drug-likeness (QED) is 0.501. The zero-order chi connectivity index (χ0) is 21.5. The highest BCUT2D eigenvalue weighted by Gasteiger charge is 2.16. The van der Waals surface area contributed by atoms with Gasteiger partial charge in [0.1, 0.15) is 0 Å². The Morgan fingerprint density at radius 3 is 2.33 bits per heavy atom. The van der Waals surface area contributed by atoms with Gasteiger partial charge in [0.05, 0.1) is 11.3 Å². The van der Waals surface area contributed by atoms with Crippen molar-refractivity contribution in [1.82, 2.24) is 0 Å². The highest BCUT2D eigenvalue weighted by Crippen LogP contribution is 2.27. The Morgan fingerprint density at radius 2 is 1.60 bits per heavy atom. The van der Waals surface area contributed by atoms with Crippen molar-refractivity contribution in [1.29, 1.82) is 0 Å². The zero-order valence-corrected chi connectivity index (χ0v) is 17.4. The standard InChI is InChI=1S/C25H26N2O3/c1-17(2)20-14-9-10-18(3)24(20)27-23(28)16-30-25(29)21-13-7-8-15-22(21)26-19-11-5-4-6-12-19/h4-15,17,26H,16H2,1-3H3,(H,27,28). The van der Waals surface area contributed by atoms with E-state index in [1.54, 1.807) is 18.2 Å². The first-order valence-corrected chi connectivity index (χ1v) is 9.93. The third kappa shape index (κ3) is 5.26. The molecule has 3 aromatic carbocycles. The van der Waals surface area contributed by atoms with Crippen molar-refractivity contribution < 1.29 is 14.3 Å². The predicted molar refractivity (Wildman–Crippen MR) is 120 cm³/mol. The van der Waals surface area contributed by atoms with Gasteiger partial charge in [-0.15, -0.1) is 0 Å². The molecule has 5 nitrogen and oxygen atoms in total. The van der Waals surface area contributed by atoms with E-state index in [0.717, 1.165) is 22.5 Å². The average molecular weight is 402 g/mol. The monoisotopic (exact) mass is 402 g/mol. The number of amides is 1. The number of ether oxygens (including phenoxy) is 1. The molecule has 154 valence electrons. The van der Waals surface area contributed by atoms with E-state index in [1.807, 2.05) is 61.5 Å². The molecule has 0 fully saturated rings. The minimum absolute atomic E-state index is 0.263. The van der Waals surface area contributed by atoms with Crippen LogP contribution in [0.4, 0.5) is 17.1 Å². The molecular formula is C25H26N2O3. The van der Waals surface area contributed by atoms with Crippen LogP contribution < -0.4 is 10.6 Å². The van der Waals surface area contributed by atoms with Crippen molar-refractivity contribution in [2.75, 3.05) is 17.2 Å². The maximum atomic E-state index is 12.6. The lowest BCUT2D eigenvalue weighted by atomic mass is 9.98. The normalized spacial score (nSPS) is 10.5. The first-order chi connectivity index (χ1) is 14.5. The molecule has 0 bridgehead atoms. The van der Waals surface area contributed by atoms with Crippen LogP contribution in [0.15, 0.2) is 72.8 Å². The summed E-state index contributed by atoms with van der Waals surface area (Å²) in [6.07, 6.45) is 0. The van der Waals surface area contributed by atoms with Crippen molar-refractivity contribution in [3.05, 3.63) is 89.5 Å². The maximum absolute atomic E-state index is 12.6. The van der Waals surface area contributed by atoms with Crippen molar-refractivity contribution in [3.63, 3.8) is 0 Å². The summed E-state index contributed by atoms with van der Waals surface area (Å²) in [4.78, 5) is 25.1. The Hall–Kier alpha value is -3.60. The first kappa shape index (κ1) is 21.1. The summed E-state index contributed by atoms with van der Waals surface area (Å²) >= 11 is 0. The molecule has 30 heavy (non-hydrogen) atoms. The lowest BCUT2D eigenvalue weighted by molar-refractivity contribution is -0.119. The molecule has 0 atom stereocenters. The van der Waals surface area contributed by atoms with Crippen LogP contribution in [-0.2, 0) is 9.53 Å². The summed E-state index contributed by atoms with van der Waals surface area (Å²) in [5.41, 5.74) is 4.64. The number of anilines is 3. The first-order valence-electron chi connectivity index (χ1n) is 9.93. The third-order valence-electron chi connectivity index (χ3n) is 4.73. The largest absolute Gasteiger partial charge is 0.452 e. The molecule has 0 spiro atoms. The summed E-state index contributed by atoms with van der Waals surface area (Å²) in [5.74, 6) is -0.662. The van der Waals surface area contributed by atoms with Crippen LogP contribution in [0.2, 0.25) is 0 Å².